The van der Waals surface area contributed by atoms with E-state index in [1.54, 1.807) is 36.4 Å². The molecule has 0 atom stereocenters. The van der Waals surface area contributed by atoms with Crippen molar-refractivity contribution in [2.45, 2.75) is 33.0 Å². The van der Waals surface area contributed by atoms with Crippen molar-refractivity contribution < 1.29 is 37.0 Å². The molecule has 2 aromatic heterocycles. The lowest BCUT2D eigenvalue weighted by Gasteiger charge is -2.32. The molecule has 276 valence electrons. The van der Waals surface area contributed by atoms with Crippen LogP contribution in [0.2, 0.25) is 0 Å². The zero-order chi connectivity index (χ0) is 38.0. The molecule has 2 aromatic carbocycles. The standard InChI is InChI=1S/C36H36F3N9O5/c1-35(2)20-43-31(49)24-7-14-28(42-19-24)45-30-17-29(46-34(47-30)53-22-36(37,38)39)41-18-23-5-12-27(13-6-23)52-16-4-15-48(21-35)33(51)32(50)44-26-10-8-25(40-3)9-11-26/h5-14,17,19H,4,15-16,18,20-22H2,1-2H3,(H,43,49)(H,44,50)(H2,41,42,45,46,47). The Labute approximate surface area is 303 Å². The van der Waals surface area contributed by atoms with Gasteiger partial charge in [-0.3, -0.25) is 14.4 Å². The fourth-order valence-corrected chi connectivity index (χ4v) is 5.06. The van der Waals surface area contributed by atoms with E-state index in [4.69, 9.17) is 16.0 Å². The molecule has 0 spiro atoms. The third-order valence-electron chi connectivity index (χ3n) is 7.67. The molecule has 4 aromatic rings. The lowest BCUT2D eigenvalue weighted by Crippen LogP contribution is -2.48. The van der Waals surface area contributed by atoms with Gasteiger partial charge in [0, 0.05) is 44.1 Å². The van der Waals surface area contributed by atoms with Gasteiger partial charge in [-0.25, -0.2) is 9.83 Å². The second kappa shape index (κ2) is 16.7. The number of carbonyl (C=O) groups is 3. The highest BCUT2D eigenvalue weighted by molar-refractivity contribution is 6.39. The molecule has 6 heterocycles. The highest BCUT2D eigenvalue weighted by atomic mass is 19.4. The van der Waals surface area contributed by atoms with Crippen molar-refractivity contribution in [2.24, 2.45) is 5.41 Å². The van der Waals surface area contributed by atoms with Crippen LogP contribution in [0.1, 0.15) is 36.2 Å². The topological polar surface area (TPSA) is 164 Å². The second-order valence-corrected chi connectivity index (χ2v) is 12.8. The number of anilines is 4. The van der Waals surface area contributed by atoms with E-state index in [-0.39, 0.29) is 55.8 Å². The van der Waals surface area contributed by atoms with Crippen molar-refractivity contribution in [1.29, 1.82) is 0 Å². The molecule has 14 nitrogen and oxygen atoms in total. The Morgan fingerprint density at radius 2 is 1.75 bits per heavy atom. The van der Waals surface area contributed by atoms with Gasteiger partial charge in [-0.15, -0.1) is 0 Å². The minimum absolute atomic E-state index is 0.0927. The Bertz CT molecular complexity index is 1950. The number of ether oxygens (including phenoxy) is 2. The third kappa shape index (κ3) is 11.5. The van der Waals surface area contributed by atoms with Crippen LogP contribution < -0.4 is 30.7 Å². The number of hydrogen-bond donors (Lipinski definition) is 4. The van der Waals surface area contributed by atoms with Crippen LogP contribution in [0.5, 0.6) is 11.8 Å². The number of rotatable bonds is 3. The Kier molecular flexibility index (Phi) is 11.9. The van der Waals surface area contributed by atoms with Crippen LogP contribution in [-0.2, 0) is 16.1 Å². The van der Waals surface area contributed by atoms with Gasteiger partial charge in [0.15, 0.2) is 12.3 Å². The molecule has 17 heteroatoms. The molecule has 0 aliphatic carbocycles. The first-order valence-corrected chi connectivity index (χ1v) is 16.4. The summed E-state index contributed by atoms with van der Waals surface area (Å²) in [5.74, 6) is -0.987. The highest BCUT2D eigenvalue weighted by Gasteiger charge is 2.30. The first-order chi connectivity index (χ1) is 25.2. The molecule has 4 aliphatic heterocycles. The Balaban J connectivity index is 1.35. The molecule has 6 bridgehead atoms. The molecule has 8 rings (SSSR count). The minimum atomic E-state index is -4.60. The molecule has 0 fully saturated rings. The van der Waals surface area contributed by atoms with Crippen molar-refractivity contribution in [3.8, 4) is 11.8 Å². The van der Waals surface area contributed by atoms with Crippen molar-refractivity contribution in [3.63, 3.8) is 0 Å². The lowest BCUT2D eigenvalue weighted by molar-refractivity contribution is -0.154. The lowest BCUT2D eigenvalue weighted by atomic mass is 9.92. The fourth-order valence-electron chi connectivity index (χ4n) is 5.06. The fraction of sp³-hybridized carbons (Fsp3) is 0.306. The van der Waals surface area contributed by atoms with Crippen LogP contribution in [0.4, 0.5) is 42.0 Å². The molecule has 0 saturated heterocycles. The summed E-state index contributed by atoms with van der Waals surface area (Å²) in [6, 6.07) is 17.2. The zero-order valence-corrected chi connectivity index (χ0v) is 28.8. The number of aromatic nitrogens is 3. The van der Waals surface area contributed by atoms with Crippen LogP contribution in [0, 0.1) is 12.0 Å². The number of carbonyl (C=O) groups excluding carboxylic acids is 3. The van der Waals surface area contributed by atoms with Gasteiger partial charge < -0.3 is 35.6 Å². The van der Waals surface area contributed by atoms with Gasteiger partial charge in [0.05, 0.1) is 18.7 Å². The summed E-state index contributed by atoms with van der Waals surface area (Å²) in [4.78, 5) is 56.7. The summed E-state index contributed by atoms with van der Waals surface area (Å²) in [5, 5.41) is 11.4. The second-order valence-electron chi connectivity index (χ2n) is 12.8. The van der Waals surface area contributed by atoms with Gasteiger partial charge >= 0.3 is 24.0 Å². The molecule has 0 radical (unpaired) electrons. The summed E-state index contributed by atoms with van der Waals surface area (Å²) in [6.07, 6.45) is -2.90. The SMILES string of the molecule is [C-]#[N+]c1ccc(NC(=O)C(=O)N2CCCOc3ccc(cc3)CNc3cc(nc(OCC(F)(F)F)n3)Nc3ccc(cn3)C(=O)NCC(C)(C)C2)cc1. The number of benzene rings is 2. The number of alkyl halides is 3. The van der Waals surface area contributed by atoms with Gasteiger partial charge in [0.2, 0.25) is 0 Å². The first kappa shape index (κ1) is 37.8. The van der Waals surface area contributed by atoms with Crippen LogP contribution >= 0.6 is 0 Å². The summed E-state index contributed by atoms with van der Waals surface area (Å²) in [7, 11) is 0. The maximum absolute atomic E-state index is 13.5. The quantitative estimate of drug-likeness (QED) is 0.151. The highest BCUT2D eigenvalue weighted by Crippen LogP contribution is 2.24. The van der Waals surface area contributed by atoms with Gasteiger partial charge in [-0.05, 0) is 53.8 Å². The Morgan fingerprint density at radius 3 is 2.43 bits per heavy atom. The van der Waals surface area contributed by atoms with E-state index in [0.717, 1.165) is 5.56 Å². The molecule has 3 amide bonds. The predicted octanol–water partition coefficient (Wildman–Crippen LogP) is 5.72. The van der Waals surface area contributed by atoms with Crippen molar-refractivity contribution in [1.82, 2.24) is 25.2 Å². The average molecular weight is 732 g/mol. The largest absolute Gasteiger partial charge is 0.494 e. The van der Waals surface area contributed by atoms with E-state index < -0.39 is 41.9 Å². The number of amides is 3. The number of halogens is 3. The van der Waals surface area contributed by atoms with Gasteiger partial charge in [-0.1, -0.05) is 38.1 Å². The molecular weight excluding hydrogens is 695 g/mol. The Morgan fingerprint density at radius 1 is 1.02 bits per heavy atom. The molecule has 0 saturated carbocycles. The molecule has 4 N–H and O–H groups in total. The van der Waals surface area contributed by atoms with Gasteiger partial charge in [0.25, 0.3) is 5.91 Å². The van der Waals surface area contributed by atoms with Crippen LogP contribution in [0.3, 0.4) is 0 Å². The molecular formula is C36H36F3N9O5. The number of pyridine rings is 1. The van der Waals surface area contributed by atoms with Crippen molar-refractivity contribution >= 4 is 46.5 Å². The van der Waals surface area contributed by atoms with Crippen molar-refractivity contribution in [2.75, 3.05) is 48.8 Å². The first-order valence-electron chi connectivity index (χ1n) is 16.4. The predicted molar refractivity (Wildman–Crippen MR) is 189 cm³/mol. The smallest absolute Gasteiger partial charge is 0.422 e. The van der Waals surface area contributed by atoms with E-state index in [1.807, 2.05) is 13.8 Å². The summed E-state index contributed by atoms with van der Waals surface area (Å²) < 4.78 is 49.3. The molecule has 53 heavy (non-hydrogen) atoms. The maximum Gasteiger partial charge on any atom is 0.422 e. The van der Waals surface area contributed by atoms with E-state index in [1.165, 1.54) is 41.4 Å². The number of nitrogens with one attached hydrogen (secondary N) is 4. The summed E-state index contributed by atoms with van der Waals surface area (Å²) in [5.41, 5.74) is 1.10. The third-order valence-corrected chi connectivity index (χ3v) is 7.67. The maximum atomic E-state index is 13.5. The van der Waals surface area contributed by atoms with E-state index in [0.29, 0.717) is 23.5 Å². The normalized spacial score (nSPS) is 15.0. The Hall–Kier alpha value is -6.44. The van der Waals surface area contributed by atoms with E-state index in [9.17, 15) is 27.6 Å². The van der Waals surface area contributed by atoms with Crippen LogP contribution in [0.15, 0.2) is 72.9 Å². The minimum Gasteiger partial charge on any atom is -0.494 e. The molecule has 4 aliphatic rings. The zero-order valence-electron chi connectivity index (χ0n) is 28.8. The summed E-state index contributed by atoms with van der Waals surface area (Å²) in [6.45, 7) is 10.1. The monoisotopic (exact) mass is 731 g/mol. The van der Waals surface area contributed by atoms with E-state index in [2.05, 4.69) is 41.1 Å². The number of hydrogen-bond acceptors (Lipinski definition) is 10. The number of nitrogens with zero attached hydrogens (tertiary/aromatic N) is 5. The van der Waals surface area contributed by atoms with Gasteiger partial charge in [-0.2, -0.15) is 23.1 Å². The molecule has 0 unspecified atom stereocenters. The van der Waals surface area contributed by atoms with Crippen molar-refractivity contribution in [3.05, 3.63) is 95.5 Å². The van der Waals surface area contributed by atoms with E-state index >= 15 is 0 Å². The van der Waals surface area contributed by atoms with Gasteiger partial charge in [0.1, 0.15) is 23.2 Å². The van der Waals surface area contributed by atoms with Crippen LogP contribution in [0.25, 0.3) is 4.85 Å². The van der Waals surface area contributed by atoms with Crippen LogP contribution in [-0.4, -0.2) is 76.6 Å². The average Bonchev–Trinajstić information content (AvgIpc) is 3.13. The summed E-state index contributed by atoms with van der Waals surface area (Å²) >= 11 is 0.